The van der Waals surface area contributed by atoms with Gasteiger partial charge in [-0.25, -0.2) is 9.97 Å². The fourth-order valence-electron chi connectivity index (χ4n) is 2.70. The molecule has 0 spiro atoms. The number of pyridine rings is 2. The maximum absolute atomic E-state index is 11.4. The van der Waals surface area contributed by atoms with Crippen molar-refractivity contribution in [2.45, 2.75) is 6.42 Å². The molecule has 0 saturated heterocycles. The van der Waals surface area contributed by atoms with Crippen molar-refractivity contribution in [3.63, 3.8) is 0 Å². The van der Waals surface area contributed by atoms with Crippen molar-refractivity contribution < 1.29 is 9.53 Å². The lowest BCUT2D eigenvalue weighted by Crippen LogP contribution is -2.05. The highest BCUT2D eigenvalue weighted by molar-refractivity contribution is 7.22. The Morgan fingerprint density at radius 1 is 1.07 bits per heavy atom. The molecule has 0 radical (unpaired) electrons. The number of methoxy groups -OCH3 is 1. The fraction of sp³-hybridized carbons (Fsp3) is 0.100. The number of anilines is 2. The zero-order valence-electron chi connectivity index (χ0n) is 14.5. The number of hydrogen-bond acceptors (Lipinski definition) is 7. The highest BCUT2D eigenvalue weighted by Gasteiger charge is 2.08. The molecule has 0 amide bonds. The predicted octanol–water partition coefficient (Wildman–Crippen LogP) is 4.21. The number of esters is 1. The summed E-state index contributed by atoms with van der Waals surface area (Å²) in [7, 11) is 1.38. The molecule has 3 aromatic heterocycles. The molecular weight excluding hydrogens is 360 g/mol. The second kappa shape index (κ2) is 7.51. The summed E-state index contributed by atoms with van der Waals surface area (Å²) in [5.41, 5.74) is 4.00. The van der Waals surface area contributed by atoms with Crippen LogP contribution in [0, 0.1) is 0 Å². The van der Waals surface area contributed by atoms with Crippen LogP contribution in [0.5, 0.6) is 0 Å². The summed E-state index contributed by atoms with van der Waals surface area (Å²) in [6.07, 6.45) is 5.44. The normalized spacial score (nSPS) is 10.7. The Morgan fingerprint density at radius 3 is 2.74 bits per heavy atom. The average molecular weight is 376 g/mol. The van der Waals surface area contributed by atoms with E-state index in [9.17, 15) is 4.79 Å². The second-order valence-electron chi connectivity index (χ2n) is 5.86. The molecule has 4 aromatic rings. The summed E-state index contributed by atoms with van der Waals surface area (Å²) in [6.45, 7) is 0. The van der Waals surface area contributed by atoms with Gasteiger partial charge in [-0.05, 0) is 53.1 Å². The predicted molar refractivity (Wildman–Crippen MR) is 106 cm³/mol. The van der Waals surface area contributed by atoms with Crippen LogP contribution in [-0.4, -0.2) is 28.0 Å². The van der Waals surface area contributed by atoms with E-state index < -0.39 is 0 Å². The van der Waals surface area contributed by atoms with Gasteiger partial charge in [0, 0.05) is 18.6 Å². The van der Waals surface area contributed by atoms with E-state index >= 15 is 0 Å². The van der Waals surface area contributed by atoms with E-state index in [0.717, 1.165) is 32.0 Å². The molecule has 134 valence electrons. The number of benzene rings is 1. The number of thiazole rings is 1. The van der Waals surface area contributed by atoms with E-state index in [1.54, 1.807) is 36.0 Å². The third-order valence-electron chi connectivity index (χ3n) is 4.04. The third kappa shape index (κ3) is 3.93. The van der Waals surface area contributed by atoms with Gasteiger partial charge in [0.05, 0.1) is 23.7 Å². The van der Waals surface area contributed by atoms with Gasteiger partial charge >= 0.3 is 5.97 Å². The molecule has 0 unspecified atom stereocenters. The summed E-state index contributed by atoms with van der Waals surface area (Å²) in [4.78, 5) is 24.4. The maximum atomic E-state index is 11.4. The molecule has 6 nitrogen and oxygen atoms in total. The Kier molecular flexibility index (Phi) is 4.76. The number of fused-ring (bicyclic) bond motifs is 1. The molecule has 4 rings (SSSR count). The van der Waals surface area contributed by atoms with Crippen molar-refractivity contribution in [3.8, 4) is 11.1 Å². The SMILES string of the molecule is COC(=O)Cc1ccnc(Nc2nc3ccc(-c4ccncc4)cc3s2)c1. The summed E-state index contributed by atoms with van der Waals surface area (Å²) < 4.78 is 5.79. The number of hydrogen-bond donors (Lipinski definition) is 1. The van der Waals surface area contributed by atoms with Gasteiger partial charge in [0.2, 0.25) is 0 Å². The number of nitrogens with one attached hydrogen (secondary N) is 1. The van der Waals surface area contributed by atoms with Gasteiger partial charge < -0.3 is 10.1 Å². The summed E-state index contributed by atoms with van der Waals surface area (Å²) in [6, 6.07) is 13.8. The van der Waals surface area contributed by atoms with Gasteiger partial charge in [-0.15, -0.1) is 0 Å². The zero-order valence-corrected chi connectivity index (χ0v) is 15.4. The first-order valence-corrected chi connectivity index (χ1v) is 9.13. The van der Waals surface area contributed by atoms with E-state index in [1.165, 1.54) is 7.11 Å². The van der Waals surface area contributed by atoms with Gasteiger partial charge in [-0.3, -0.25) is 9.78 Å². The Labute approximate surface area is 159 Å². The number of ether oxygens (including phenoxy) is 1. The molecule has 3 heterocycles. The molecule has 0 aliphatic rings. The Bertz CT molecular complexity index is 1100. The molecule has 0 aliphatic carbocycles. The number of carbonyl (C=O) groups is 1. The summed E-state index contributed by atoms with van der Waals surface area (Å²) >= 11 is 1.56. The quantitative estimate of drug-likeness (QED) is 0.526. The minimum absolute atomic E-state index is 0.211. The van der Waals surface area contributed by atoms with Crippen LogP contribution < -0.4 is 5.32 Å². The van der Waals surface area contributed by atoms with Crippen molar-refractivity contribution in [3.05, 3.63) is 66.6 Å². The van der Waals surface area contributed by atoms with Crippen LogP contribution in [-0.2, 0) is 16.0 Å². The van der Waals surface area contributed by atoms with E-state index in [4.69, 9.17) is 4.74 Å². The Balaban J connectivity index is 1.58. The van der Waals surface area contributed by atoms with Gasteiger partial charge in [-0.2, -0.15) is 0 Å². The minimum Gasteiger partial charge on any atom is -0.469 e. The molecule has 7 heteroatoms. The topological polar surface area (TPSA) is 77.0 Å². The molecule has 1 N–H and O–H groups in total. The van der Waals surface area contributed by atoms with Crippen LogP contribution in [0.3, 0.4) is 0 Å². The smallest absolute Gasteiger partial charge is 0.309 e. The number of nitrogens with zero attached hydrogens (tertiary/aromatic N) is 3. The molecule has 1 aromatic carbocycles. The second-order valence-corrected chi connectivity index (χ2v) is 6.90. The monoisotopic (exact) mass is 376 g/mol. The summed E-state index contributed by atoms with van der Waals surface area (Å²) in [5, 5.41) is 3.97. The van der Waals surface area contributed by atoms with E-state index in [0.29, 0.717) is 5.82 Å². The molecular formula is C20H16N4O2S. The molecule has 0 saturated carbocycles. The first-order chi connectivity index (χ1) is 13.2. The summed E-state index contributed by atoms with van der Waals surface area (Å²) in [5.74, 6) is 0.362. The van der Waals surface area contributed by atoms with Crippen LogP contribution in [0.4, 0.5) is 10.9 Å². The van der Waals surface area contributed by atoms with Crippen molar-refractivity contribution >= 4 is 38.5 Å². The average Bonchev–Trinajstić information content (AvgIpc) is 3.10. The molecule has 27 heavy (non-hydrogen) atoms. The molecule has 0 aliphatic heterocycles. The number of rotatable bonds is 5. The first-order valence-electron chi connectivity index (χ1n) is 8.31. The maximum Gasteiger partial charge on any atom is 0.309 e. The fourth-order valence-corrected chi connectivity index (χ4v) is 3.62. The van der Waals surface area contributed by atoms with E-state index in [2.05, 4.69) is 32.4 Å². The minimum atomic E-state index is -0.282. The lowest BCUT2D eigenvalue weighted by molar-refractivity contribution is -0.139. The Morgan fingerprint density at radius 2 is 1.93 bits per heavy atom. The lowest BCUT2D eigenvalue weighted by atomic mass is 10.1. The third-order valence-corrected chi connectivity index (χ3v) is 4.97. The largest absolute Gasteiger partial charge is 0.469 e. The van der Waals surface area contributed by atoms with Gasteiger partial charge in [-0.1, -0.05) is 17.4 Å². The van der Waals surface area contributed by atoms with Crippen molar-refractivity contribution in [1.29, 1.82) is 0 Å². The number of carbonyl (C=O) groups excluding carboxylic acids is 1. The Hall–Kier alpha value is -3.32. The highest BCUT2D eigenvalue weighted by Crippen LogP contribution is 2.31. The van der Waals surface area contributed by atoms with Crippen LogP contribution in [0.15, 0.2) is 61.1 Å². The zero-order chi connectivity index (χ0) is 18.6. The molecule has 0 fully saturated rings. The van der Waals surface area contributed by atoms with Crippen LogP contribution >= 0.6 is 11.3 Å². The molecule has 0 atom stereocenters. The van der Waals surface area contributed by atoms with Crippen LogP contribution in [0.25, 0.3) is 21.3 Å². The first kappa shape index (κ1) is 17.1. The molecule has 0 bridgehead atoms. The standard InChI is InChI=1S/C20H16N4O2S/c1-26-19(25)11-13-4-9-22-18(10-13)24-20-23-16-3-2-15(12-17(16)27-20)14-5-7-21-8-6-14/h2-10,12H,11H2,1H3,(H,22,23,24). The highest BCUT2D eigenvalue weighted by atomic mass is 32.1. The van der Waals surface area contributed by atoms with Gasteiger partial charge in [0.15, 0.2) is 5.13 Å². The van der Waals surface area contributed by atoms with Crippen molar-refractivity contribution in [2.75, 3.05) is 12.4 Å². The van der Waals surface area contributed by atoms with Crippen molar-refractivity contribution in [1.82, 2.24) is 15.0 Å². The van der Waals surface area contributed by atoms with E-state index in [1.807, 2.05) is 24.3 Å². The van der Waals surface area contributed by atoms with Gasteiger partial charge in [0.1, 0.15) is 5.82 Å². The van der Waals surface area contributed by atoms with Gasteiger partial charge in [0.25, 0.3) is 0 Å². The lowest BCUT2D eigenvalue weighted by Gasteiger charge is -2.04. The van der Waals surface area contributed by atoms with Crippen molar-refractivity contribution in [2.24, 2.45) is 0 Å². The van der Waals surface area contributed by atoms with Crippen LogP contribution in [0.2, 0.25) is 0 Å². The number of aromatic nitrogens is 3. The van der Waals surface area contributed by atoms with Crippen LogP contribution in [0.1, 0.15) is 5.56 Å². The van der Waals surface area contributed by atoms with E-state index in [-0.39, 0.29) is 12.4 Å².